The fourth-order valence-electron chi connectivity index (χ4n) is 3.59. The van der Waals surface area contributed by atoms with Gasteiger partial charge in [0.2, 0.25) is 5.91 Å². The van der Waals surface area contributed by atoms with Crippen LogP contribution in [-0.4, -0.2) is 47.0 Å². The van der Waals surface area contributed by atoms with Crippen molar-refractivity contribution in [2.45, 2.75) is 25.0 Å². The Morgan fingerprint density at radius 2 is 2.20 bits per heavy atom. The number of hydrogen-bond donors (Lipinski definition) is 1. The summed E-state index contributed by atoms with van der Waals surface area (Å²) in [5.41, 5.74) is 0.644. The lowest BCUT2D eigenvalue weighted by Gasteiger charge is -2.39. The number of fused-ring (bicyclic) bond motifs is 1. The molecule has 0 spiro atoms. The number of likely N-dealkylation sites (tertiary alicyclic amines) is 1. The molecule has 2 aromatic rings. The third-order valence-electron chi connectivity index (χ3n) is 4.80. The average molecular weight is 341 g/mol. The molecule has 0 aliphatic carbocycles. The van der Waals surface area contributed by atoms with Gasteiger partial charge in [-0.2, -0.15) is 0 Å². The summed E-state index contributed by atoms with van der Waals surface area (Å²) in [6.45, 7) is 0.963. The number of nitrogens with one attached hydrogen (secondary N) is 1. The first-order chi connectivity index (χ1) is 12.2. The topological polar surface area (TPSA) is 84.7 Å². The number of hydrogen-bond acceptors (Lipinski definition) is 5. The van der Waals surface area contributed by atoms with E-state index in [1.807, 2.05) is 0 Å². The van der Waals surface area contributed by atoms with E-state index in [-0.39, 0.29) is 29.9 Å². The lowest BCUT2D eigenvalue weighted by molar-refractivity contribution is -0.123. The second-order valence-electron chi connectivity index (χ2n) is 6.36. The lowest BCUT2D eigenvalue weighted by Crippen LogP contribution is -2.54. The van der Waals surface area contributed by atoms with Crippen LogP contribution in [0.1, 0.15) is 23.4 Å². The number of piperidine rings is 1. The Morgan fingerprint density at radius 1 is 1.28 bits per heavy atom. The summed E-state index contributed by atoms with van der Waals surface area (Å²) in [5.74, 6) is -0.360. The summed E-state index contributed by atoms with van der Waals surface area (Å²) in [7, 11) is 0. The first kappa shape index (κ1) is 15.8. The van der Waals surface area contributed by atoms with Gasteiger partial charge in [-0.3, -0.25) is 14.6 Å². The number of rotatable bonds is 3. The van der Waals surface area contributed by atoms with Crippen LogP contribution in [0.4, 0.5) is 5.69 Å². The van der Waals surface area contributed by atoms with Crippen LogP contribution in [0.2, 0.25) is 0 Å². The lowest BCUT2D eigenvalue weighted by atomic mass is 9.89. The Morgan fingerprint density at radius 3 is 2.96 bits per heavy atom. The second-order valence-corrected chi connectivity index (χ2v) is 6.36. The van der Waals surface area contributed by atoms with Crippen molar-refractivity contribution in [1.29, 1.82) is 0 Å². The summed E-state index contributed by atoms with van der Waals surface area (Å²) < 4.78 is 11.0. The SMILES string of the molecule is O=C(Nc1cccnc1)[C@H]1C[C@@H]2OCC[C@@H]2N(C(=O)c2ccco2)C1. The van der Waals surface area contributed by atoms with E-state index in [4.69, 9.17) is 9.15 Å². The molecular weight excluding hydrogens is 322 g/mol. The number of amides is 2. The van der Waals surface area contributed by atoms with Gasteiger partial charge >= 0.3 is 0 Å². The number of aromatic nitrogens is 1. The average Bonchev–Trinajstić information content (AvgIpc) is 3.32. The van der Waals surface area contributed by atoms with E-state index < -0.39 is 0 Å². The predicted octanol–water partition coefficient (Wildman–Crippen LogP) is 1.93. The van der Waals surface area contributed by atoms with Crippen LogP contribution < -0.4 is 5.32 Å². The predicted molar refractivity (Wildman–Crippen MR) is 88.9 cm³/mol. The minimum Gasteiger partial charge on any atom is -0.459 e. The monoisotopic (exact) mass is 341 g/mol. The molecular formula is C18H19N3O4. The summed E-state index contributed by atoms with van der Waals surface area (Å²) in [6, 6.07) is 6.88. The maximum absolute atomic E-state index is 12.8. The molecule has 0 unspecified atom stereocenters. The fourth-order valence-corrected chi connectivity index (χ4v) is 3.59. The number of anilines is 1. The van der Waals surface area contributed by atoms with Gasteiger partial charge in [0.05, 0.1) is 36.2 Å². The molecule has 1 N–H and O–H groups in total. The van der Waals surface area contributed by atoms with Crippen molar-refractivity contribution in [3.63, 3.8) is 0 Å². The van der Waals surface area contributed by atoms with Crippen LogP contribution in [-0.2, 0) is 9.53 Å². The largest absolute Gasteiger partial charge is 0.459 e. The number of carbonyl (C=O) groups excluding carboxylic acids is 2. The number of furan rings is 1. The summed E-state index contributed by atoms with van der Waals surface area (Å²) in [5, 5.41) is 2.87. The van der Waals surface area contributed by atoms with Gasteiger partial charge < -0.3 is 19.4 Å². The van der Waals surface area contributed by atoms with E-state index in [0.717, 1.165) is 6.42 Å². The Kier molecular flexibility index (Phi) is 4.23. The Labute approximate surface area is 145 Å². The highest BCUT2D eigenvalue weighted by Crippen LogP contribution is 2.33. The van der Waals surface area contributed by atoms with Gasteiger partial charge in [-0.25, -0.2) is 0 Å². The standard InChI is InChI=1S/C18H19N3O4/c22-17(20-13-3-1-6-19-10-13)12-9-16-14(5-8-25-16)21(11-12)18(23)15-4-2-7-24-15/h1-4,6-7,10,12,14,16H,5,8-9,11H2,(H,20,22)/t12-,14-,16-/m0/s1. The molecule has 3 atom stereocenters. The summed E-state index contributed by atoms with van der Waals surface area (Å²) in [4.78, 5) is 31.1. The van der Waals surface area contributed by atoms with Crippen molar-refractivity contribution in [2.24, 2.45) is 5.92 Å². The van der Waals surface area contributed by atoms with Crippen molar-refractivity contribution in [2.75, 3.05) is 18.5 Å². The molecule has 2 fully saturated rings. The molecule has 0 bridgehead atoms. The molecule has 4 heterocycles. The molecule has 2 aromatic heterocycles. The Hall–Kier alpha value is -2.67. The molecule has 0 aromatic carbocycles. The highest BCUT2D eigenvalue weighted by molar-refractivity contribution is 5.95. The van der Waals surface area contributed by atoms with Crippen LogP contribution >= 0.6 is 0 Å². The van der Waals surface area contributed by atoms with Crippen LogP contribution in [0.3, 0.4) is 0 Å². The Balaban J connectivity index is 1.52. The molecule has 2 amide bonds. The summed E-state index contributed by atoms with van der Waals surface area (Å²) in [6.07, 6.45) is 6.01. The van der Waals surface area contributed by atoms with E-state index in [9.17, 15) is 9.59 Å². The van der Waals surface area contributed by atoms with Crippen molar-refractivity contribution in [1.82, 2.24) is 9.88 Å². The van der Waals surface area contributed by atoms with Gasteiger partial charge in [0.25, 0.3) is 5.91 Å². The van der Waals surface area contributed by atoms with Crippen LogP contribution in [0.15, 0.2) is 47.3 Å². The highest BCUT2D eigenvalue weighted by Gasteiger charge is 2.44. The smallest absolute Gasteiger partial charge is 0.289 e. The molecule has 25 heavy (non-hydrogen) atoms. The van der Waals surface area contributed by atoms with Crippen LogP contribution in [0.25, 0.3) is 0 Å². The zero-order valence-corrected chi connectivity index (χ0v) is 13.6. The van der Waals surface area contributed by atoms with Crippen molar-refractivity contribution in [3.05, 3.63) is 48.7 Å². The molecule has 4 rings (SSSR count). The minimum atomic E-state index is -0.335. The number of ether oxygens (including phenoxy) is 1. The van der Waals surface area contributed by atoms with Crippen molar-refractivity contribution < 1.29 is 18.7 Å². The minimum absolute atomic E-state index is 0.0000388. The van der Waals surface area contributed by atoms with Gasteiger partial charge in [0.1, 0.15) is 0 Å². The normalized spacial score (nSPS) is 25.4. The van der Waals surface area contributed by atoms with E-state index in [1.54, 1.807) is 41.6 Å². The van der Waals surface area contributed by atoms with E-state index in [2.05, 4.69) is 10.3 Å². The van der Waals surface area contributed by atoms with Crippen molar-refractivity contribution >= 4 is 17.5 Å². The number of pyridine rings is 1. The fraction of sp³-hybridized carbons (Fsp3) is 0.389. The van der Waals surface area contributed by atoms with Crippen molar-refractivity contribution in [3.8, 4) is 0 Å². The molecule has 0 saturated carbocycles. The van der Waals surface area contributed by atoms with E-state index in [1.165, 1.54) is 6.26 Å². The zero-order chi connectivity index (χ0) is 17.2. The van der Waals surface area contributed by atoms with Crippen LogP contribution in [0.5, 0.6) is 0 Å². The third-order valence-corrected chi connectivity index (χ3v) is 4.80. The molecule has 2 aliphatic rings. The van der Waals surface area contributed by atoms with E-state index >= 15 is 0 Å². The molecule has 130 valence electrons. The highest BCUT2D eigenvalue weighted by atomic mass is 16.5. The molecule has 2 aliphatic heterocycles. The summed E-state index contributed by atoms with van der Waals surface area (Å²) >= 11 is 0. The van der Waals surface area contributed by atoms with Crippen LogP contribution in [0, 0.1) is 5.92 Å². The maximum Gasteiger partial charge on any atom is 0.289 e. The zero-order valence-electron chi connectivity index (χ0n) is 13.6. The van der Waals surface area contributed by atoms with Gasteiger partial charge in [0, 0.05) is 19.3 Å². The first-order valence-electron chi connectivity index (χ1n) is 8.39. The quantitative estimate of drug-likeness (QED) is 0.922. The Bertz CT molecular complexity index is 747. The van der Waals surface area contributed by atoms with E-state index in [0.29, 0.717) is 31.0 Å². The van der Waals surface area contributed by atoms with Gasteiger partial charge in [-0.15, -0.1) is 0 Å². The maximum atomic E-state index is 12.8. The van der Waals surface area contributed by atoms with Gasteiger partial charge in [-0.05, 0) is 37.1 Å². The number of carbonyl (C=O) groups is 2. The van der Waals surface area contributed by atoms with Gasteiger partial charge in [0.15, 0.2) is 5.76 Å². The third kappa shape index (κ3) is 3.15. The molecule has 0 radical (unpaired) electrons. The first-order valence-corrected chi connectivity index (χ1v) is 8.39. The molecule has 2 saturated heterocycles. The molecule has 7 heteroatoms. The number of nitrogens with zero attached hydrogens (tertiary/aromatic N) is 2. The van der Waals surface area contributed by atoms with Gasteiger partial charge in [-0.1, -0.05) is 0 Å². The second kappa shape index (κ2) is 6.68. The molecule has 7 nitrogen and oxygen atoms in total.